The van der Waals surface area contributed by atoms with Gasteiger partial charge in [-0.15, -0.1) is 0 Å². The third-order valence-electron chi connectivity index (χ3n) is 5.90. The second-order valence-electron chi connectivity index (χ2n) is 7.96. The summed E-state index contributed by atoms with van der Waals surface area (Å²) >= 11 is -2.38. The Morgan fingerprint density at radius 3 is 2.69 bits per heavy atom. The van der Waals surface area contributed by atoms with Crippen LogP contribution in [0.25, 0.3) is 11.3 Å². The largest absolute Gasteiger partial charge is 0.383 e. The van der Waals surface area contributed by atoms with Crippen LogP contribution in [0.15, 0.2) is 30.3 Å². The van der Waals surface area contributed by atoms with Gasteiger partial charge in [0.25, 0.3) is 5.92 Å². The standard InChI is InChI=1S/C21H24F2N6O2S/c1-25-17-10-14(2-4-18(17)29(32(30)31)13-16-11-21(16,22)23)20-15(12-24)3-5-19(27-20)28-8-6-26-7-9-28/h2-5,10,16,25-26H,6-9,11,13H2,1H3,(H,30,31)/p+1. The van der Waals surface area contributed by atoms with Gasteiger partial charge in [0.05, 0.1) is 22.9 Å². The summed E-state index contributed by atoms with van der Waals surface area (Å²) in [4.78, 5) is 6.88. The molecule has 3 atom stereocenters. The third-order valence-corrected chi connectivity index (χ3v) is 6.71. The van der Waals surface area contributed by atoms with Crippen LogP contribution < -0.4 is 19.8 Å². The van der Waals surface area contributed by atoms with E-state index in [1.165, 1.54) is 0 Å². The third kappa shape index (κ3) is 4.59. The van der Waals surface area contributed by atoms with Crippen molar-refractivity contribution in [1.82, 2.24) is 10.3 Å². The van der Waals surface area contributed by atoms with Crippen molar-refractivity contribution in [2.45, 2.75) is 12.3 Å². The van der Waals surface area contributed by atoms with Gasteiger partial charge in [-0.2, -0.15) is 13.8 Å². The number of pyridine rings is 1. The zero-order chi connectivity index (χ0) is 22.9. The molecule has 1 aromatic heterocycles. The maximum absolute atomic E-state index is 13.4. The molecule has 2 fully saturated rings. The zero-order valence-electron chi connectivity index (χ0n) is 17.6. The van der Waals surface area contributed by atoms with Crippen molar-refractivity contribution < 1.29 is 21.8 Å². The molecule has 4 rings (SSSR count). The molecule has 1 aromatic carbocycles. The number of benzene rings is 1. The monoisotopic (exact) mass is 463 g/mol. The number of nitriles is 1. The molecule has 1 saturated heterocycles. The summed E-state index contributed by atoms with van der Waals surface area (Å²) in [5.41, 5.74) is 2.50. The zero-order valence-corrected chi connectivity index (χ0v) is 18.4. The molecule has 11 heteroatoms. The Morgan fingerprint density at radius 2 is 2.09 bits per heavy atom. The number of nitrogens with one attached hydrogen (secondary N) is 3. The minimum absolute atomic E-state index is 0.0612. The normalized spacial score (nSPS) is 21.5. The fourth-order valence-corrected chi connectivity index (χ4v) is 4.67. The van der Waals surface area contributed by atoms with E-state index in [1.807, 2.05) is 6.07 Å². The van der Waals surface area contributed by atoms with Crippen LogP contribution in [0.4, 0.5) is 26.0 Å². The molecule has 0 spiro atoms. The van der Waals surface area contributed by atoms with Crippen molar-refractivity contribution in [1.29, 1.82) is 5.26 Å². The number of quaternary nitrogens is 1. The molecular weight excluding hydrogens is 438 g/mol. The SMILES string of the molecule is CNc1cc(-c2nc(N3CCNCC3)ccc2C#N)ccc1[NH+](CC1CC1(F)F)S(=O)O. The van der Waals surface area contributed by atoms with Gasteiger partial charge >= 0.3 is 11.3 Å². The molecule has 2 heterocycles. The molecule has 1 aliphatic carbocycles. The minimum atomic E-state index is -2.78. The van der Waals surface area contributed by atoms with E-state index in [1.54, 1.807) is 31.3 Å². The van der Waals surface area contributed by atoms with Gasteiger partial charge in [0, 0.05) is 51.3 Å². The first-order valence-corrected chi connectivity index (χ1v) is 11.5. The summed E-state index contributed by atoms with van der Waals surface area (Å²) < 4.78 is 48.6. The van der Waals surface area contributed by atoms with Gasteiger partial charge in [0.2, 0.25) is 0 Å². The smallest absolute Gasteiger partial charge is 0.362 e. The summed E-state index contributed by atoms with van der Waals surface area (Å²) in [5.74, 6) is -2.92. The van der Waals surface area contributed by atoms with Gasteiger partial charge in [-0.3, -0.25) is 4.55 Å². The fraction of sp³-hybridized carbons (Fsp3) is 0.429. The maximum Gasteiger partial charge on any atom is 0.362 e. The molecule has 32 heavy (non-hydrogen) atoms. The van der Waals surface area contributed by atoms with Crippen molar-refractivity contribution in [3.05, 3.63) is 35.9 Å². The van der Waals surface area contributed by atoms with Crippen molar-refractivity contribution in [3.63, 3.8) is 0 Å². The van der Waals surface area contributed by atoms with Crippen molar-refractivity contribution in [2.75, 3.05) is 50.0 Å². The number of halogens is 2. The molecule has 1 saturated carbocycles. The lowest BCUT2D eigenvalue weighted by atomic mass is 10.0. The number of aromatic nitrogens is 1. The molecule has 4 N–H and O–H groups in total. The quantitative estimate of drug-likeness (QED) is 0.460. The van der Waals surface area contributed by atoms with Crippen molar-refractivity contribution >= 4 is 28.5 Å². The van der Waals surface area contributed by atoms with E-state index in [-0.39, 0.29) is 17.3 Å². The first-order valence-electron chi connectivity index (χ1n) is 10.4. The van der Waals surface area contributed by atoms with E-state index >= 15 is 0 Å². The van der Waals surface area contributed by atoms with Gasteiger partial charge in [-0.05, 0) is 24.3 Å². The minimum Gasteiger partial charge on any atom is -0.383 e. The highest BCUT2D eigenvalue weighted by Gasteiger charge is 2.59. The van der Waals surface area contributed by atoms with E-state index < -0.39 is 23.1 Å². The van der Waals surface area contributed by atoms with E-state index in [0.29, 0.717) is 28.2 Å². The average molecular weight is 464 g/mol. The maximum atomic E-state index is 13.4. The van der Waals surface area contributed by atoms with Gasteiger partial charge in [-0.1, -0.05) is 0 Å². The molecule has 8 nitrogen and oxygen atoms in total. The molecular formula is C21H25F2N6O2S+. The number of hydrogen-bond acceptors (Lipinski definition) is 6. The van der Waals surface area contributed by atoms with Crippen LogP contribution in [0.3, 0.4) is 0 Å². The average Bonchev–Trinajstić information content (AvgIpc) is 3.42. The second kappa shape index (κ2) is 9.07. The number of anilines is 2. The molecule has 0 bridgehead atoms. The summed E-state index contributed by atoms with van der Waals surface area (Å²) in [6.07, 6.45) is -0.269. The topological polar surface area (TPSA) is 106 Å². The van der Waals surface area contributed by atoms with Crippen LogP contribution in [0.1, 0.15) is 12.0 Å². The number of hydrogen-bond donors (Lipinski definition) is 4. The number of piperazine rings is 1. The Labute approximate surface area is 187 Å². The van der Waals surface area contributed by atoms with Crippen LogP contribution in [-0.4, -0.2) is 59.4 Å². The molecule has 1 aliphatic heterocycles. The second-order valence-corrected chi connectivity index (χ2v) is 8.95. The van der Waals surface area contributed by atoms with Gasteiger partial charge < -0.3 is 15.5 Å². The van der Waals surface area contributed by atoms with Crippen LogP contribution >= 0.6 is 0 Å². The van der Waals surface area contributed by atoms with Crippen LogP contribution in [0.2, 0.25) is 0 Å². The fourth-order valence-electron chi connectivity index (χ4n) is 3.96. The predicted octanol–water partition coefficient (Wildman–Crippen LogP) is 1.38. The Hall–Kier alpha value is -2.65. The highest BCUT2D eigenvalue weighted by Crippen LogP contribution is 2.47. The molecule has 0 radical (unpaired) electrons. The molecule has 3 unspecified atom stereocenters. The number of rotatable bonds is 7. The van der Waals surface area contributed by atoms with E-state index in [2.05, 4.69) is 21.6 Å². The Morgan fingerprint density at radius 1 is 1.38 bits per heavy atom. The number of nitrogens with zero attached hydrogens (tertiary/aromatic N) is 3. The van der Waals surface area contributed by atoms with Crippen LogP contribution in [0, 0.1) is 17.2 Å². The first kappa shape index (κ1) is 22.5. The van der Waals surface area contributed by atoms with Gasteiger partial charge in [0.15, 0.2) is 5.69 Å². The lowest BCUT2D eigenvalue weighted by molar-refractivity contribution is -0.693. The molecule has 2 aliphatic rings. The Balaban J connectivity index is 1.69. The predicted molar refractivity (Wildman–Crippen MR) is 118 cm³/mol. The number of alkyl halides is 2. The summed E-state index contributed by atoms with van der Waals surface area (Å²) in [5, 5.41) is 15.9. The van der Waals surface area contributed by atoms with E-state index in [9.17, 15) is 22.8 Å². The molecule has 0 amide bonds. The molecule has 2 aromatic rings. The first-order chi connectivity index (χ1) is 15.3. The Bertz CT molecular complexity index is 1070. The lowest BCUT2D eigenvalue weighted by Gasteiger charge is -2.28. The lowest BCUT2D eigenvalue weighted by Crippen LogP contribution is -3.07. The van der Waals surface area contributed by atoms with Crippen molar-refractivity contribution in [2.24, 2.45) is 5.92 Å². The van der Waals surface area contributed by atoms with Gasteiger partial charge in [0.1, 0.15) is 18.4 Å². The highest BCUT2D eigenvalue weighted by molar-refractivity contribution is 7.72. The van der Waals surface area contributed by atoms with Gasteiger partial charge in [-0.25, -0.2) is 13.8 Å². The van der Waals surface area contributed by atoms with Crippen LogP contribution in [-0.2, 0) is 11.3 Å². The van der Waals surface area contributed by atoms with E-state index in [0.717, 1.165) is 32.0 Å². The van der Waals surface area contributed by atoms with Crippen LogP contribution in [0.5, 0.6) is 0 Å². The highest BCUT2D eigenvalue weighted by atomic mass is 32.2. The van der Waals surface area contributed by atoms with Crippen molar-refractivity contribution in [3.8, 4) is 17.3 Å². The summed E-state index contributed by atoms with van der Waals surface area (Å²) in [6, 6.07) is 10.8. The molecule has 170 valence electrons. The van der Waals surface area contributed by atoms with E-state index in [4.69, 9.17) is 4.98 Å². The Kier molecular flexibility index (Phi) is 6.39. The summed E-state index contributed by atoms with van der Waals surface area (Å²) in [6.45, 7) is 3.18. The summed E-state index contributed by atoms with van der Waals surface area (Å²) in [7, 11) is 1.65.